The van der Waals surface area contributed by atoms with Gasteiger partial charge in [-0.3, -0.25) is 0 Å². The van der Waals surface area contributed by atoms with Gasteiger partial charge in [-0.1, -0.05) is 6.92 Å². The number of aliphatic imine (C=N–C) groups is 1. The number of fused-ring (bicyclic) bond motifs is 1. The maximum absolute atomic E-state index is 4.72. The Balaban J connectivity index is 1.43. The van der Waals surface area contributed by atoms with Gasteiger partial charge in [0, 0.05) is 26.1 Å². The average Bonchev–Trinajstić information content (AvgIpc) is 3.08. The lowest BCUT2D eigenvalue weighted by molar-refractivity contribution is 0.191. The molecule has 1 aromatic heterocycles. The maximum Gasteiger partial charge on any atom is 0.191 e. The van der Waals surface area contributed by atoms with Crippen molar-refractivity contribution in [3.63, 3.8) is 0 Å². The Morgan fingerprint density at radius 1 is 1.15 bits per heavy atom. The van der Waals surface area contributed by atoms with Gasteiger partial charge in [-0.15, -0.1) is 10.2 Å². The number of nitrogens with zero attached hydrogens (tertiary/aromatic N) is 5. The summed E-state index contributed by atoms with van der Waals surface area (Å²) in [6, 6.07) is 0. The molecule has 0 aromatic carbocycles. The first-order chi connectivity index (χ1) is 12.8. The van der Waals surface area contributed by atoms with Crippen molar-refractivity contribution in [3.8, 4) is 0 Å². The van der Waals surface area contributed by atoms with Crippen LogP contribution in [0.1, 0.15) is 57.6 Å². The molecule has 0 bridgehead atoms. The Labute approximate surface area is 157 Å². The lowest BCUT2D eigenvalue weighted by Gasteiger charge is -2.30. The molecular weight excluding hydrogens is 326 g/mol. The molecular formula is C19H35N7. The molecule has 0 spiro atoms. The van der Waals surface area contributed by atoms with E-state index < -0.39 is 0 Å². The van der Waals surface area contributed by atoms with E-state index in [1.165, 1.54) is 45.3 Å². The zero-order chi connectivity index (χ0) is 18.2. The van der Waals surface area contributed by atoms with Crippen LogP contribution in [0.25, 0.3) is 0 Å². The van der Waals surface area contributed by atoms with Gasteiger partial charge in [-0.2, -0.15) is 0 Å². The summed E-state index contributed by atoms with van der Waals surface area (Å²) in [6.45, 7) is 11.6. The van der Waals surface area contributed by atoms with Gasteiger partial charge < -0.3 is 20.1 Å². The molecule has 0 amide bonds. The minimum atomic E-state index is 0.590. The summed E-state index contributed by atoms with van der Waals surface area (Å²) >= 11 is 0. The first kappa shape index (κ1) is 19.1. The number of likely N-dealkylation sites (tertiary alicyclic amines) is 1. The third-order valence-electron chi connectivity index (χ3n) is 5.48. The van der Waals surface area contributed by atoms with Crippen LogP contribution in [0.4, 0.5) is 0 Å². The maximum atomic E-state index is 4.72. The largest absolute Gasteiger partial charge is 0.357 e. The van der Waals surface area contributed by atoms with Gasteiger partial charge in [0.1, 0.15) is 12.4 Å². The van der Waals surface area contributed by atoms with Crippen LogP contribution in [0.5, 0.6) is 0 Å². The summed E-state index contributed by atoms with van der Waals surface area (Å²) in [6.07, 6.45) is 7.33. The number of guanidine groups is 1. The molecule has 0 saturated carbocycles. The Morgan fingerprint density at radius 3 is 2.81 bits per heavy atom. The van der Waals surface area contributed by atoms with Crippen LogP contribution in [0.2, 0.25) is 0 Å². The molecule has 26 heavy (non-hydrogen) atoms. The van der Waals surface area contributed by atoms with E-state index >= 15 is 0 Å². The van der Waals surface area contributed by atoms with E-state index in [9.17, 15) is 0 Å². The molecule has 0 radical (unpaired) electrons. The summed E-state index contributed by atoms with van der Waals surface area (Å²) in [7, 11) is 0. The first-order valence-corrected chi connectivity index (χ1v) is 10.4. The molecule has 2 aliphatic rings. The molecule has 3 heterocycles. The molecule has 0 unspecified atom stereocenters. The van der Waals surface area contributed by atoms with Crippen LogP contribution in [0.3, 0.4) is 0 Å². The Kier molecular flexibility index (Phi) is 7.29. The fourth-order valence-corrected chi connectivity index (χ4v) is 3.77. The zero-order valence-corrected chi connectivity index (χ0v) is 16.5. The van der Waals surface area contributed by atoms with Crippen molar-refractivity contribution < 1.29 is 0 Å². The second-order valence-electron chi connectivity index (χ2n) is 7.64. The monoisotopic (exact) mass is 361 g/mol. The van der Waals surface area contributed by atoms with E-state index in [1.54, 1.807) is 0 Å². The highest BCUT2D eigenvalue weighted by atomic mass is 15.3. The van der Waals surface area contributed by atoms with Gasteiger partial charge in [-0.05, 0) is 64.6 Å². The molecule has 2 N–H and O–H groups in total. The molecule has 0 aliphatic carbocycles. The second kappa shape index (κ2) is 9.90. The minimum Gasteiger partial charge on any atom is -0.357 e. The summed E-state index contributed by atoms with van der Waals surface area (Å²) < 4.78 is 2.24. The summed E-state index contributed by atoms with van der Waals surface area (Å²) in [5, 5.41) is 15.5. The lowest BCUT2D eigenvalue weighted by atomic mass is 9.99. The number of nitrogens with one attached hydrogen (secondary N) is 2. The van der Waals surface area contributed by atoms with Gasteiger partial charge >= 0.3 is 0 Å². The molecule has 7 heteroatoms. The highest BCUT2D eigenvalue weighted by Crippen LogP contribution is 2.16. The van der Waals surface area contributed by atoms with Gasteiger partial charge in [0.25, 0.3) is 0 Å². The summed E-state index contributed by atoms with van der Waals surface area (Å²) in [5.74, 6) is 3.89. The van der Waals surface area contributed by atoms with E-state index in [2.05, 4.69) is 44.1 Å². The Bertz CT molecular complexity index is 572. The van der Waals surface area contributed by atoms with Gasteiger partial charge in [-0.25, -0.2) is 4.99 Å². The summed E-state index contributed by atoms with van der Waals surface area (Å²) in [4.78, 5) is 7.31. The molecule has 0 atom stereocenters. The molecule has 1 saturated heterocycles. The van der Waals surface area contributed by atoms with Crippen molar-refractivity contribution in [2.75, 3.05) is 32.7 Å². The van der Waals surface area contributed by atoms with Crippen LogP contribution >= 0.6 is 0 Å². The predicted molar refractivity (Wildman–Crippen MR) is 105 cm³/mol. The standard InChI is InChI=1S/C19H35N7/c1-3-20-19(21-10-6-11-25-13-8-16(2)9-14-25)22-15-18-24-23-17-7-4-5-12-26(17)18/h16H,3-15H2,1-2H3,(H2,20,21,22). The second-order valence-corrected chi connectivity index (χ2v) is 7.64. The number of piperidine rings is 1. The number of rotatable bonds is 7. The lowest BCUT2D eigenvalue weighted by Crippen LogP contribution is -2.39. The third kappa shape index (κ3) is 5.43. The molecule has 146 valence electrons. The van der Waals surface area contributed by atoms with E-state index in [0.29, 0.717) is 6.54 Å². The smallest absolute Gasteiger partial charge is 0.191 e. The fraction of sp³-hybridized carbons (Fsp3) is 0.842. The van der Waals surface area contributed by atoms with E-state index in [1.807, 2.05) is 0 Å². The number of aryl methyl sites for hydroxylation is 1. The fourth-order valence-electron chi connectivity index (χ4n) is 3.77. The van der Waals surface area contributed by atoms with Gasteiger partial charge in [0.2, 0.25) is 0 Å². The van der Waals surface area contributed by atoms with Gasteiger partial charge in [0.15, 0.2) is 11.8 Å². The Hall–Kier alpha value is -1.63. The first-order valence-electron chi connectivity index (χ1n) is 10.4. The Morgan fingerprint density at radius 2 is 2.00 bits per heavy atom. The highest BCUT2D eigenvalue weighted by molar-refractivity contribution is 5.79. The number of hydrogen-bond acceptors (Lipinski definition) is 4. The van der Waals surface area contributed by atoms with Crippen LogP contribution in [0.15, 0.2) is 4.99 Å². The zero-order valence-electron chi connectivity index (χ0n) is 16.5. The van der Waals surface area contributed by atoms with Crippen molar-refractivity contribution in [1.82, 2.24) is 30.3 Å². The quantitative estimate of drug-likeness (QED) is 0.440. The molecule has 7 nitrogen and oxygen atoms in total. The normalized spacial score (nSPS) is 19.4. The van der Waals surface area contributed by atoms with Gasteiger partial charge in [0.05, 0.1) is 0 Å². The van der Waals surface area contributed by atoms with Crippen LogP contribution < -0.4 is 10.6 Å². The van der Waals surface area contributed by atoms with Crippen molar-refractivity contribution in [2.45, 2.75) is 65.5 Å². The van der Waals surface area contributed by atoms with Crippen LogP contribution in [0, 0.1) is 5.92 Å². The van der Waals surface area contributed by atoms with Crippen LogP contribution in [-0.2, 0) is 19.5 Å². The average molecular weight is 362 g/mol. The van der Waals surface area contributed by atoms with Crippen LogP contribution in [-0.4, -0.2) is 58.3 Å². The van der Waals surface area contributed by atoms with Crippen molar-refractivity contribution in [2.24, 2.45) is 10.9 Å². The molecule has 3 rings (SSSR count). The molecule has 2 aliphatic heterocycles. The minimum absolute atomic E-state index is 0.590. The highest BCUT2D eigenvalue weighted by Gasteiger charge is 2.16. The predicted octanol–water partition coefficient (Wildman–Crippen LogP) is 1.79. The van der Waals surface area contributed by atoms with Crippen molar-refractivity contribution in [1.29, 1.82) is 0 Å². The topological polar surface area (TPSA) is 70.4 Å². The molecule has 1 aromatic rings. The van der Waals surface area contributed by atoms with E-state index in [-0.39, 0.29) is 0 Å². The number of hydrogen-bond donors (Lipinski definition) is 2. The third-order valence-corrected chi connectivity index (χ3v) is 5.48. The summed E-state index contributed by atoms with van der Waals surface area (Å²) in [5.41, 5.74) is 0. The SMILES string of the molecule is CCNC(=NCc1nnc2n1CCCC2)NCCCN1CCC(C)CC1. The number of aromatic nitrogens is 3. The van der Waals surface area contributed by atoms with Crippen molar-refractivity contribution >= 4 is 5.96 Å². The van der Waals surface area contributed by atoms with E-state index in [4.69, 9.17) is 4.99 Å². The van der Waals surface area contributed by atoms with E-state index in [0.717, 1.165) is 56.0 Å². The van der Waals surface area contributed by atoms with Crippen molar-refractivity contribution in [3.05, 3.63) is 11.6 Å². The molecule has 1 fully saturated rings.